The summed E-state index contributed by atoms with van der Waals surface area (Å²) in [5.74, 6) is -0.211. The molecule has 0 heterocycles. The predicted molar refractivity (Wildman–Crippen MR) is 72.5 cm³/mol. The number of carbonyl (C=O) groups excluding carboxylic acids is 1. The van der Waals surface area contributed by atoms with Crippen LogP contribution in [0.2, 0.25) is 0 Å². The minimum Gasteiger partial charge on any atom is -0.459 e. The fourth-order valence-electron chi connectivity index (χ4n) is 1.89. The summed E-state index contributed by atoms with van der Waals surface area (Å²) >= 11 is 0. The van der Waals surface area contributed by atoms with Crippen molar-refractivity contribution in [3.8, 4) is 0 Å². The number of rotatable bonds is 12. The van der Waals surface area contributed by atoms with Gasteiger partial charge < -0.3 is 4.74 Å². The molecule has 0 atom stereocenters. The third kappa shape index (κ3) is 15.5. The highest BCUT2D eigenvalue weighted by atomic mass is 16.5. The molecule has 0 spiro atoms. The predicted octanol–water partition coefficient (Wildman–Crippen LogP) is 5.02. The van der Waals surface area contributed by atoms with Crippen LogP contribution in [0, 0.1) is 6.61 Å². The van der Waals surface area contributed by atoms with E-state index in [1.165, 1.54) is 64.7 Å². The molecule has 2 heteroatoms. The first kappa shape index (κ1) is 16.5. The number of hydrogen-bond donors (Lipinski definition) is 0. The van der Waals surface area contributed by atoms with Crippen LogP contribution in [0.5, 0.6) is 0 Å². The second-order valence-electron chi connectivity index (χ2n) is 4.75. The lowest BCUT2D eigenvalue weighted by molar-refractivity contribution is -0.137. The Hall–Kier alpha value is -0.530. The number of hydrogen-bond acceptors (Lipinski definition) is 2. The molecule has 2 nitrogen and oxygen atoms in total. The van der Waals surface area contributed by atoms with Gasteiger partial charge in [-0.2, -0.15) is 0 Å². The average molecular weight is 241 g/mol. The number of ether oxygens (including phenoxy) is 1. The van der Waals surface area contributed by atoms with E-state index < -0.39 is 0 Å². The van der Waals surface area contributed by atoms with Gasteiger partial charge in [0, 0.05) is 6.92 Å². The van der Waals surface area contributed by atoms with Gasteiger partial charge in [0.2, 0.25) is 0 Å². The summed E-state index contributed by atoms with van der Waals surface area (Å²) in [7, 11) is 0. The Kier molecular flexibility index (Phi) is 13.1. The van der Waals surface area contributed by atoms with E-state index in [9.17, 15) is 4.79 Å². The van der Waals surface area contributed by atoms with Crippen LogP contribution in [0.3, 0.4) is 0 Å². The van der Waals surface area contributed by atoms with Crippen LogP contribution in [0.25, 0.3) is 0 Å². The summed E-state index contributed by atoms with van der Waals surface area (Å²) in [6, 6.07) is 0. The van der Waals surface area contributed by atoms with Gasteiger partial charge >= 0.3 is 5.97 Å². The first-order chi connectivity index (χ1) is 8.27. The molecule has 0 aromatic heterocycles. The summed E-state index contributed by atoms with van der Waals surface area (Å²) < 4.78 is 4.76. The second-order valence-corrected chi connectivity index (χ2v) is 4.75. The quantitative estimate of drug-likeness (QED) is 0.354. The van der Waals surface area contributed by atoms with Gasteiger partial charge in [-0.1, -0.05) is 64.7 Å². The molecular formula is C15H29O2. The monoisotopic (exact) mass is 241 g/mol. The summed E-state index contributed by atoms with van der Waals surface area (Å²) in [4.78, 5) is 10.5. The maximum Gasteiger partial charge on any atom is 0.303 e. The van der Waals surface area contributed by atoms with Crippen molar-refractivity contribution in [3.05, 3.63) is 6.61 Å². The summed E-state index contributed by atoms with van der Waals surface area (Å²) in [5.41, 5.74) is 0. The highest BCUT2D eigenvalue weighted by Crippen LogP contribution is 2.11. The molecule has 0 unspecified atom stereocenters. The maximum atomic E-state index is 10.5. The van der Waals surface area contributed by atoms with Gasteiger partial charge in [0.05, 0.1) is 0 Å². The Labute approximate surface area is 107 Å². The molecular weight excluding hydrogens is 212 g/mol. The molecule has 0 fully saturated rings. The molecule has 0 aromatic rings. The van der Waals surface area contributed by atoms with Crippen LogP contribution >= 0.6 is 0 Å². The van der Waals surface area contributed by atoms with Gasteiger partial charge in [-0.25, -0.2) is 0 Å². The minimum absolute atomic E-state index is 0.211. The first-order valence-corrected chi connectivity index (χ1v) is 7.26. The van der Waals surface area contributed by atoms with Crippen LogP contribution in [0.15, 0.2) is 0 Å². The van der Waals surface area contributed by atoms with E-state index in [1.54, 1.807) is 6.61 Å². The first-order valence-electron chi connectivity index (χ1n) is 7.26. The molecule has 0 aliphatic heterocycles. The average Bonchev–Trinajstić information content (AvgIpc) is 2.30. The lowest BCUT2D eigenvalue weighted by Crippen LogP contribution is -1.94. The van der Waals surface area contributed by atoms with Gasteiger partial charge in [-0.3, -0.25) is 4.79 Å². The van der Waals surface area contributed by atoms with E-state index in [1.807, 2.05) is 0 Å². The van der Waals surface area contributed by atoms with Gasteiger partial charge in [0.15, 0.2) is 0 Å². The van der Waals surface area contributed by atoms with Gasteiger partial charge in [0.25, 0.3) is 0 Å². The maximum absolute atomic E-state index is 10.5. The van der Waals surface area contributed by atoms with Crippen molar-refractivity contribution < 1.29 is 9.53 Å². The molecule has 17 heavy (non-hydrogen) atoms. The topological polar surface area (TPSA) is 26.3 Å². The Bertz CT molecular complexity index is 166. The lowest BCUT2D eigenvalue weighted by atomic mass is 10.1. The molecule has 0 N–H and O–H groups in total. The van der Waals surface area contributed by atoms with Gasteiger partial charge in [-0.05, 0) is 12.8 Å². The molecule has 0 saturated carbocycles. The largest absolute Gasteiger partial charge is 0.459 e. The minimum atomic E-state index is -0.211. The van der Waals surface area contributed by atoms with Crippen molar-refractivity contribution in [1.82, 2.24) is 0 Å². The molecule has 0 aromatic carbocycles. The van der Waals surface area contributed by atoms with E-state index in [4.69, 9.17) is 4.74 Å². The van der Waals surface area contributed by atoms with E-state index in [2.05, 4.69) is 6.92 Å². The van der Waals surface area contributed by atoms with Crippen LogP contribution in [-0.4, -0.2) is 5.97 Å². The Balaban J connectivity index is 2.91. The van der Waals surface area contributed by atoms with Gasteiger partial charge in [-0.15, -0.1) is 0 Å². The van der Waals surface area contributed by atoms with Crippen molar-refractivity contribution >= 4 is 5.97 Å². The van der Waals surface area contributed by atoms with E-state index >= 15 is 0 Å². The summed E-state index contributed by atoms with van der Waals surface area (Å²) in [5, 5.41) is 0. The van der Waals surface area contributed by atoms with Crippen molar-refractivity contribution in [3.63, 3.8) is 0 Å². The van der Waals surface area contributed by atoms with Crippen molar-refractivity contribution in [2.24, 2.45) is 0 Å². The molecule has 0 saturated heterocycles. The normalized spacial score (nSPS) is 10.5. The number of unbranched alkanes of at least 4 members (excludes halogenated alkanes) is 10. The van der Waals surface area contributed by atoms with E-state index in [0.717, 1.165) is 12.8 Å². The number of carbonyl (C=O) groups is 1. The van der Waals surface area contributed by atoms with Crippen molar-refractivity contribution in [2.45, 2.75) is 84.5 Å². The molecule has 0 aliphatic rings. The molecule has 1 radical (unpaired) electrons. The zero-order valence-corrected chi connectivity index (χ0v) is 11.7. The van der Waals surface area contributed by atoms with Crippen LogP contribution in [0.4, 0.5) is 0 Å². The molecule has 0 rings (SSSR count). The summed E-state index contributed by atoms with van der Waals surface area (Å²) in [6.07, 6.45) is 14.3. The van der Waals surface area contributed by atoms with Crippen LogP contribution in [0.1, 0.15) is 84.5 Å². The zero-order valence-electron chi connectivity index (χ0n) is 11.7. The summed E-state index contributed by atoms with van der Waals surface area (Å²) in [6.45, 7) is 5.33. The highest BCUT2D eigenvalue weighted by Gasteiger charge is 1.95. The van der Waals surface area contributed by atoms with Crippen LogP contribution in [-0.2, 0) is 9.53 Å². The molecule has 0 aliphatic carbocycles. The highest BCUT2D eigenvalue weighted by molar-refractivity contribution is 5.66. The lowest BCUT2D eigenvalue weighted by Gasteiger charge is -2.02. The second kappa shape index (κ2) is 13.5. The fourth-order valence-corrected chi connectivity index (χ4v) is 1.89. The van der Waals surface area contributed by atoms with Crippen molar-refractivity contribution in [1.29, 1.82) is 0 Å². The molecule has 0 amide bonds. The number of esters is 1. The standard InChI is InChI=1S/C15H29O2/c1-3-4-5-6-7-8-9-10-11-12-13-14-17-15(2)16/h14H,3-13H2,1-2H3. The smallest absolute Gasteiger partial charge is 0.303 e. The van der Waals surface area contributed by atoms with Crippen LogP contribution < -0.4 is 0 Å². The van der Waals surface area contributed by atoms with E-state index in [0.29, 0.717) is 0 Å². The Morgan fingerprint density at radius 2 is 1.35 bits per heavy atom. The molecule has 101 valence electrons. The van der Waals surface area contributed by atoms with Crippen molar-refractivity contribution in [2.75, 3.05) is 0 Å². The third-order valence-corrected chi connectivity index (χ3v) is 2.92. The molecule has 0 bridgehead atoms. The van der Waals surface area contributed by atoms with Gasteiger partial charge in [0.1, 0.15) is 6.61 Å². The van der Waals surface area contributed by atoms with E-state index in [-0.39, 0.29) is 5.97 Å². The SMILES string of the molecule is CCCCCCCCCCCC[CH]OC(C)=O. The fraction of sp³-hybridized carbons (Fsp3) is 0.867. The Morgan fingerprint density at radius 1 is 0.882 bits per heavy atom. The third-order valence-electron chi connectivity index (χ3n) is 2.92. The Morgan fingerprint density at radius 3 is 1.82 bits per heavy atom. The zero-order chi connectivity index (χ0) is 12.8.